The predicted molar refractivity (Wildman–Crippen MR) is 76.3 cm³/mol. The largest absolute Gasteiger partial charge is 0.497 e. The molecule has 110 valence electrons. The Morgan fingerprint density at radius 2 is 2.24 bits per heavy atom. The van der Waals surface area contributed by atoms with E-state index in [0.717, 1.165) is 17.4 Å². The molecule has 0 atom stereocenters. The number of carboxylic acids is 1. The fourth-order valence-corrected chi connectivity index (χ4v) is 1.89. The first kappa shape index (κ1) is 14.8. The van der Waals surface area contributed by atoms with Crippen molar-refractivity contribution in [3.05, 3.63) is 53.5 Å². The van der Waals surface area contributed by atoms with Crippen molar-refractivity contribution in [1.29, 1.82) is 0 Å². The number of halogens is 1. The average molecular weight is 290 g/mol. The number of nitrogens with one attached hydrogen (secondary N) is 1. The normalized spacial score (nSPS) is 10.2. The van der Waals surface area contributed by atoms with Crippen LogP contribution in [-0.4, -0.2) is 29.7 Å². The third kappa shape index (κ3) is 3.68. The van der Waals surface area contributed by atoms with Gasteiger partial charge in [-0.2, -0.15) is 0 Å². The van der Waals surface area contributed by atoms with Crippen molar-refractivity contribution in [2.45, 2.75) is 6.42 Å². The molecule has 0 bridgehead atoms. The maximum Gasteiger partial charge on any atom is 0.338 e. The molecule has 1 aromatic carbocycles. The van der Waals surface area contributed by atoms with Gasteiger partial charge >= 0.3 is 5.97 Å². The van der Waals surface area contributed by atoms with E-state index in [1.807, 2.05) is 24.3 Å². The van der Waals surface area contributed by atoms with Gasteiger partial charge in [-0.15, -0.1) is 0 Å². The van der Waals surface area contributed by atoms with Gasteiger partial charge in [-0.05, 0) is 30.2 Å². The van der Waals surface area contributed by atoms with Crippen LogP contribution in [0.1, 0.15) is 15.9 Å². The summed E-state index contributed by atoms with van der Waals surface area (Å²) in [5.41, 5.74) is 0.630. The number of hydrogen-bond acceptors (Lipinski definition) is 4. The first-order valence-electron chi connectivity index (χ1n) is 6.36. The Hall–Kier alpha value is -2.63. The number of aromatic nitrogens is 1. The number of pyridine rings is 1. The van der Waals surface area contributed by atoms with E-state index < -0.39 is 17.3 Å². The quantitative estimate of drug-likeness (QED) is 0.855. The molecule has 0 fully saturated rings. The summed E-state index contributed by atoms with van der Waals surface area (Å²) in [4.78, 5) is 14.6. The molecular weight excluding hydrogens is 275 g/mol. The molecule has 1 aromatic heterocycles. The fraction of sp³-hybridized carbons (Fsp3) is 0.200. The molecular formula is C15H15FN2O3. The summed E-state index contributed by atoms with van der Waals surface area (Å²) in [6, 6.07) is 8.66. The molecule has 2 aromatic rings. The molecule has 0 aliphatic carbocycles. The third-order valence-electron chi connectivity index (χ3n) is 2.96. The van der Waals surface area contributed by atoms with Crippen LogP contribution in [0.3, 0.4) is 0 Å². The van der Waals surface area contributed by atoms with Gasteiger partial charge in [0.05, 0.1) is 7.11 Å². The lowest BCUT2D eigenvalue weighted by Crippen LogP contribution is -2.11. The van der Waals surface area contributed by atoms with Crippen LogP contribution in [0.25, 0.3) is 0 Å². The molecule has 0 radical (unpaired) electrons. The fourth-order valence-electron chi connectivity index (χ4n) is 1.89. The Morgan fingerprint density at radius 1 is 1.43 bits per heavy atom. The Labute approximate surface area is 121 Å². The van der Waals surface area contributed by atoms with Crippen molar-refractivity contribution in [3.63, 3.8) is 0 Å². The molecule has 2 rings (SSSR count). The van der Waals surface area contributed by atoms with Crippen molar-refractivity contribution >= 4 is 11.8 Å². The Morgan fingerprint density at radius 3 is 2.95 bits per heavy atom. The average Bonchev–Trinajstić information content (AvgIpc) is 2.49. The molecule has 0 saturated carbocycles. The molecule has 0 unspecified atom stereocenters. The first-order valence-corrected chi connectivity index (χ1v) is 6.36. The summed E-state index contributed by atoms with van der Waals surface area (Å²) in [7, 11) is 1.59. The van der Waals surface area contributed by atoms with Crippen LogP contribution in [0, 0.1) is 5.82 Å². The summed E-state index contributed by atoms with van der Waals surface area (Å²) < 4.78 is 19.0. The topological polar surface area (TPSA) is 71.5 Å². The molecule has 0 amide bonds. The number of rotatable bonds is 6. The number of aromatic carboxylic acids is 1. The van der Waals surface area contributed by atoms with Crippen LogP contribution >= 0.6 is 0 Å². The van der Waals surface area contributed by atoms with Gasteiger partial charge < -0.3 is 15.2 Å². The van der Waals surface area contributed by atoms with Crippen molar-refractivity contribution < 1.29 is 19.0 Å². The number of nitrogens with zero attached hydrogens (tertiary/aromatic N) is 1. The highest BCUT2D eigenvalue weighted by Gasteiger charge is 2.14. The summed E-state index contributed by atoms with van der Waals surface area (Å²) >= 11 is 0. The van der Waals surface area contributed by atoms with E-state index in [2.05, 4.69) is 10.3 Å². The Bertz CT molecular complexity index is 647. The molecule has 2 N–H and O–H groups in total. The summed E-state index contributed by atoms with van der Waals surface area (Å²) in [6.07, 6.45) is 1.90. The van der Waals surface area contributed by atoms with Gasteiger partial charge in [-0.1, -0.05) is 12.1 Å². The zero-order valence-corrected chi connectivity index (χ0v) is 11.5. The zero-order valence-electron chi connectivity index (χ0n) is 11.5. The Balaban J connectivity index is 2.00. The van der Waals surface area contributed by atoms with E-state index in [9.17, 15) is 9.18 Å². The molecule has 0 saturated heterocycles. The predicted octanol–water partition coefficient (Wildman–Crippen LogP) is 2.58. The Kier molecular flexibility index (Phi) is 4.71. The molecule has 0 spiro atoms. The minimum Gasteiger partial charge on any atom is -0.497 e. The highest BCUT2D eigenvalue weighted by atomic mass is 19.1. The second kappa shape index (κ2) is 6.69. The number of ether oxygens (including phenoxy) is 1. The number of anilines is 1. The number of benzene rings is 1. The maximum atomic E-state index is 13.8. The zero-order chi connectivity index (χ0) is 15.2. The smallest absolute Gasteiger partial charge is 0.338 e. The summed E-state index contributed by atoms with van der Waals surface area (Å²) in [6.45, 7) is 0.431. The van der Waals surface area contributed by atoms with Crippen LogP contribution < -0.4 is 10.1 Å². The van der Waals surface area contributed by atoms with Gasteiger partial charge in [0, 0.05) is 12.7 Å². The van der Waals surface area contributed by atoms with E-state index in [4.69, 9.17) is 9.84 Å². The highest BCUT2D eigenvalue weighted by molar-refractivity contribution is 5.88. The van der Waals surface area contributed by atoms with Gasteiger partial charge in [0.2, 0.25) is 0 Å². The van der Waals surface area contributed by atoms with E-state index in [0.29, 0.717) is 13.0 Å². The van der Waals surface area contributed by atoms with Gasteiger partial charge in [0.15, 0.2) is 11.6 Å². The van der Waals surface area contributed by atoms with Gasteiger partial charge in [0.25, 0.3) is 0 Å². The molecule has 21 heavy (non-hydrogen) atoms. The summed E-state index contributed by atoms with van der Waals surface area (Å²) in [5.74, 6) is -1.47. The van der Waals surface area contributed by atoms with Crippen LogP contribution in [0.2, 0.25) is 0 Å². The van der Waals surface area contributed by atoms with Crippen molar-refractivity contribution in [2.24, 2.45) is 0 Å². The van der Waals surface area contributed by atoms with E-state index in [1.54, 1.807) is 7.11 Å². The molecule has 1 heterocycles. The summed E-state index contributed by atoms with van der Waals surface area (Å²) in [5, 5.41) is 11.6. The lowest BCUT2D eigenvalue weighted by Gasteiger charge is -2.08. The van der Waals surface area contributed by atoms with E-state index in [-0.39, 0.29) is 5.82 Å². The monoisotopic (exact) mass is 290 g/mol. The molecule has 5 nitrogen and oxygen atoms in total. The minimum absolute atomic E-state index is 0.0576. The van der Waals surface area contributed by atoms with Crippen molar-refractivity contribution in [1.82, 2.24) is 4.98 Å². The second-order valence-corrected chi connectivity index (χ2v) is 4.35. The SMILES string of the molecule is COc1cccc(CCNc2nccc(C(=O)O)c2F)c1. The standard InChI is InChI=1S/C15H15FN2O3/c1-21-11-4-2-3-10(9-11)5-7-17-14-13(16)12(15(19)20)6-8-18-14/h2-4,6,8-9H,5,7H2,1H3,(H,17,18)(H,19,20). The lowest BCUT2D eigenvalue weighted by atomic mass is 10.1. The number of methoxy groups -OCH3 is 1. The van der Waals surface area contributed by atoms with Gasteiger partial charge in [0.1, 0.15) is 11.3 Å². The minimum atomic E-state index is -1.31. The van der Waals surface area contributed by atoms with E-state index in [1.165, 1.54) is 6.20 Å². The van der Waals surface area contributed by atoms with Crippen LogP contribution in [0.5, 0.6) is 5.75 Å². The van der Waals surface area contributed by atoms with Crippen molar-refractivity contribution in [3.8, 4) is 5.75 Å². The van der Waals surface area contributed by atoms with Crippen LogP contribution in [0.4, 0.5) is 10.2 Å². The first-order chi connectivity index (χ1) is 10.1. The molecule has 0 aliphatic rings. The number of hydrogen-bond donors (Lipinski definition) is 2. The van der Waals surface area contributed by atoms with Crippen LogP contribution in [0.15, 0.2) is 36.5 Å². The van der Waals surface area contributed by atoms with Crippen molar-refractivity contribution in [2.75, 3.05) is 19.0 Å². The third-order valence-corrected chi connectivity index (χ3v) is 2.96. The highest BCUT2D eigenvalue weighted by Crippen LogP contribution is 2.16. The molecule has 6 heteroatoms. The lowest BCUT2D eigenvalue weighted by molar-refractivity contribution is 0.0692. The van der Waals surface area contributed by atoms with E-state index >= 15 is 0 Å². The van der Waals surface area contributed by atoms with Gasteiger partial charge in [-0.3, -0.25) is 0 Å². The maximum absolute atomic E-state index is 13.8. The number of carboxylic acid groups (broad SMARTS) is 1. The van der Waals surface area contributed by atoms with Crippen LogP contribution in [-0.2, 0) is 6.42 Å². The molecule has 0 aliphatic heterocycles. The number of carbonyl (C=O) groups is 1. The second-order valence-electron chi connectivity index (χ2n) is 4.35. The van der Waals surface area contributed by atoms with Gasteiger partial charge in [-0.25, -0.2) is 14.2 Å².